The summed E-state index contributed by atoms with van der Waals surface area (Å²) in [4.78, 5) is 13.2. The molecular formula is C25H28O3. The van der Waals surface area contributed by atoms with E-state index in [1.807, 2.05) is 24.3 Å². The molecule has 3 heteroatoms. The normalized spacial score (nSPS) is 20.7. The number of ketones is 1. The first-order valence-electron chi connectivity index (χ1n) is 9.82. The van der Waals surface area contributed by atoms with Crippen LogP contribution in [0.5, 0.6) is 11.5 Å². The number of hydrogen-bond acceptors (Lipinski definition) is 3. The highest BCUT2D eigenvalue weighted by Crippen LogP contribution is 2.44. The lowest BCUT2D eigenvalue weighted by Gasteiger charge is -2.37. The van der Waals surface area contributed by atoms with Crippen LogP contribution in [-0.4, -0.2) is 16.0 Å². The molecule has 3 nitrogen and oxygen atoms in total. The van der Waals surface area contributed by atoms with Crippen LogP contribution in [0.2, 0.25) is 0 Å². The van der Waals surface area contributed by atoms with Gasteiger partial charge >= 0.3 is 0 Å². The summed E-state index contributed by atoms with van der Waals surface area (Å²) in [5.74, 6) is 0.786. The van der Waals surface area contributed by atoms with Gasteiger partial charge in [0.15, 0.2) is 5.78 Å². The summed E-state index contributed by atoms with van der Waals surface area (Å²) in [6.07, 6.45) is 6.29. The first kappa shape index (κ1) is 19.9. The van der Waals surface area contributed by atoms with E-state index >= 15 is 0 Å². The Labute approximate surface area is 167 Å². The van der Waals surface area contributed by atoms with Gasteiger partial charge in [0.05, 0.1) is 0 Å². The molecule has 2 N–H and O–H groups in total. The largest absolute Gasteiger partial charge is 0.508 e. The van der Waals surface area contributed by atoms with Crippen molar-refractivity contribution in [3.63, 3.8) is 0 Å². The highest BCUT2D eigenvalue weighted by atomic mass is 16.3. The standard InChI is InChI=1S/C25H28O3/c1-4-25(2,3)21-15-19(11-17-7-5-9-22(26)13-17)24(28)20(16-21)12-18-8-6-10-23(27)14-18/h5-14,21,26-27H,4,15-16H2,1-3H3. The highest BCUT2D eigenvalue weighted by Gasteiger charge is 2.36. The van der Waals surface area contributed by atoms with Gasteiger partial charge in [-0.2, -0.15) is 0 Å². The zero-order valence-electron chi connectivity index (χ0n) is 16.8. The molecule has 1 aliphatic carbocycles. The molecule has 3 rings (SSSR count). The minimum atomic E-state index is 0.0508. The summed E-state index contributed by atoms with van der Waals surface area (Å²) in [5.41, 5.74) is 3.31. The van der Waals surface area contributed by atoms with Gasteiger partial charge in [-0.05, 0) is 71.7 Å². The summed E-state index contributed by atoms with van der Waals surface area (Å²) in [6.45, 7) is 6.70. The molecule has 0 aliphatic heterocycles. The van der Waals surface area contributed by atoms with Crippen LogP contribution in [0.25, 0.3) is 12.2 Å². The Morgan fingerprint density at radius 1 is 0.929 bits per heavy atom. The van der Waals surface area contributed by atoms with Gasteiger partial charge in [0, 0.05) is 11.1 Å². The predicted molar refractivity (Wildman–Crippen MR) is 114 cm³/mol. The fourth-order valence-corrected chi connectivity index (χ4v) is 3.72. The van der Waals surface area contributed by atoms with E-state index in [4.69, 9.17) is 0 Å². The Morgan fingerprint density at radius 2 is 1.39 bits per heavy atom. The first-order valence-corrected chi connectivity index (χ1v) is 9.82. The SMILES string of the molecule is CCC(C)(C)C1CC(=Cc2cccc(O)c2)C(=O)C(=Cc2cccc(O)c2)C1. The number of benzene rings is 2. The minimum absolute atomic E-state index is 0.0508. The summed E-state index contributed by atoms with van der Waals surface area (Å²) in [6, 6.07) is 14.0. The molecule has 0 atom stereocenters. The van der Waals surface area contributed by atoms with E-state index < -0.39 is 0 Å². The van der Waals surface area contributed by atoms with Crippen LogP contribution < -0.4 is 0 Å². The van der Waals surface area contributed by atoms with Crippen molar-refractivity contribution in [3.05, 3.63) is 70.8 Å². The van der Waals surface area contributed by atoms with E-state index in [2.05, 4.69) is 20.8 Å². The molecular weight excluding hydrogens is 348 g/mol. The first-order chi connectivity index (χ1) is 13.3. The fraction of sp³-hybridized carbons (Fsp3) is 0.320. The maximum atomic E-state index is 13.2. The number of carbonyl (C=O) groups excluding carboxylic acids is 1. The van der Waals surface area contributed by atoms with E-state index in [-0.39, 0.29) is 22.7 Å². The predicted octanol–water partition coefficient (Wildman–Crippen LogP) is 5.98. The minimum Gasteiger partial charge on any atom is -0.508 e. The third kappa shape index (κ3) is 4.53. The molecule has 2 aromatic carbocycles. The number of aromatic hydroxyl groups is 2. The van der Waals surface area contributed by atoms with Gasteiger partial charge in [-0.15, -0.1) is 0 Å². The summed E-state index contributed by atoms with van der Waals surface area (Å²) in [5, 5.41) is 19.5. The summed E-state index contributed by atoms with van der Waals surface area (Å²) in [7, 11) is 0. The van der Waals surface area contributed by atoms with Crippen LogP contribution in [0.4, 0.5) is 0 Å². The van der Waals surface area contributed by atoms with Crippen molar-refractivity contribution in [2.24, 2.45) is 11.3 Å². The lowest BCUT2D eigenvalue weighted by atomic mass is 9.66. The topological polar surface area (TPSA) is 57.5 Å². The molecule has 28 heavy (non-hydrogen) atoms. The van der Waals surface area contributed by atoms with E-state index in [9.17, 15) is 15.0 Å². The van der Waals surface area contributed by atoms with Gasteiger partial charge in [0.2, 0.25) is 0 Å². The van der Waals surface area contributed by atoms with E-state index in [0.717, 1.165) is 41.5 Å². The van der Waals surface area contributed by atoms with Crippen molar-refractivity contribution < 1.29 is 15.0 Å². The van der Waals surface area contributed by atoms with Crippen molar-refractivity contribution in [2.75, 3.05) is 0 Å². The van der Waals surface area contributed by atoms with Crippen molar-refractivity contribution in [1.82, 2.24) is 0 Å². The van der Waals surface area contributed by atoms with Gasteiger partial charge in [-0.25, -0.2) is 0 Å². The van der Waals surface area contributed by atoms with Gasteiger partial charge in [-0.1, -0.05) is 51.5 Å². The lowest BCUT2D eigenvalue weighted by Crippen LogP contribution is -2.30. The van der Waals surface area contributed by atoms with Crippen LogP contribution in [0.1, 0.15) is 51.2 Å². The number of rotatable bonds is 4. The van der Waals surface area contributed by atoms with Gasteiger partial charge in [0.25, 0.3) is 0 Å². The van der Waals surface area contributed by atoms with E-state index in [1.54, 1.807) is 36.4 Å². The third-order valence-corrected chi connectivity index (χ3v) is 5.95. The molecule has 1 aliphatic rings. The number of hydrogen-bond donors (Lipinski definition) is 2. The molecule has 0 unspecified atom stereocenters. The molecule has 0 radical (unpaired) electrons. The molecule has 1 saturated carbocycles. The monoisotopic (exact) mass is 376 g/mol. The lowest BCUT2D eigenvalue weighted by molar-refractivity contribution is -0.113. The average Bonchev–Trinajstić information content (AvgIpc) is 2.65. The maximum Gasteiger partial charge on any atom is 0.185 e. The van der Waals surface area contributed by atoms with E-state index in [0.29, 0.717) is 5.92 Å². The fourth-order valence-electron chi connectivity index (χ4n) is 3.72. The summed E-state index contributed by atoms with van der Waals surface area (Å²) >= 11 is 0. The number of phenols is 2. The van der Waals surface area contributed by atoms with Crippen molar-refractivity contribution in [3.8, 4) is 11.5 Å². The zero-order chi connectivity index (χ0) is 20.3. The van der Waals surface area contributed by atoms with Gasteiger partial charge in [-0.3, -0.25) is 4.79 Å². The Hall–Kier alpha value is -2.81. The van der Waals surface area contributed by atoms with Gasteiger partial charge in [0.1, 0.15) is 11.5 Å². The van der Waals surface area contributed by atoms with Crippen LogP contribution in [0.15, 0.2) is 59.7 Å². The quantitative estimate of drug-likeness (QED) is 0.645. The molecule has 0 bridgehead atoms. The number of carbonyl (C=O) groups is 1. The van der Waals surface area contributed by atoms with Gasteiger partial charge < -0.3 is 10.2 Å². The molecule has 0 aromatic heterocycles. The molecule has 0 saturated heterocycles. The molecule has 0 heterocycles. The van der Waals surface area contributed by atoms with E-state index in [1.165, 1.54) is 0 Å². The van der Waals surface area contributed by atoms with Crippen molar-refractivity contribution in [2.45, 2.75) is 40.0 Å². The number of Topliss-reactive ketones (excluding diaryl/α,β-unsaturated/α-hetero) is 1. The molecule has 2 aromatic rings. The molecule has 146 valence electrons. The Bertz CT molecular complexity index is 867. The third-order valence-electron chi connectivity index (χ3n) is 5.95. The summed E-state index contributed by atoms with van der Waals surface area (Å²) < 4.78 is 0. The van der Waals surface area contributed by atoms with Crippen LogP contribution in [-0.2, 0) is 4.79 Å². The Balaban J connectivity index is 2.03. The van der Waals surface area contributed by atoms with Crippen molar-refractivity contribution >= 4 is 17.9 Å². The average molecular weight is 376 g/mol. The smallest absolute Gasteiger partial charge is 0.185 e. The molecule has 1 fully saturated rings. The van der Waals surface area contributed by atoms with Crippen molar-refractivity contribution in [1.29, 1.82) is 0 Å². The number of allylic oxidation sites excluding steroid dienone is 2. The highest BCUT2D eigenvalue weighted by molar-refractivity contribution is 6.14. The van der Waals surface area contributed by atoms with Crippen LogP contribution in [0.3, 0.4) is 0 Å². The molecule has 0 amide bonds. The Kier molecular flexibility index (Phi) is 5.73. The second-order valence-electron chi connectivity index (χ2n) is 8.31. The second-order valence-corrected chi connectivity index (χ2v) is 8.31. The van der Waals surface area contributed by atoms with Crippen LogP contribution >= 0.6 is 0 Å². The second kappa shape index (κ2) is 8.05. The molecule has 0 spiro atoms. The maximum absolute atomic E-state index is 13.2. The van der Waals surface area contributed by atoms with Crippen LogP contribution in [0, 0.1) is 11.3 Å². The Morgan fingerprint density at radius 3 is 1.79 bits per heavy atom. The number of phenolic OH excluding ortho intramolecular Hbond substituents is 2. The zero-order valence-corrected chi connectivity index (χ0v) is 16.8.